The Hall–Kier alpha value is -1.80. The zero-order valence-corrected chi connectivity index (χ0v) is 16.4. The van der Waals surface area contributed by atoms with Crippen LogP contribution in [0.4, 0.5) is 4.39 Å². The molecule has 148 valence electrons. The highest BCUT2D eigenvalue weighted by Gasteiger charge is 2.57. The van der Waals surface area contributed by atoms with Gasteiger partial charge < -0.3 is 14.8 Å². The number of sulfonamides is 1. The van der Waals surface area contributed by atoms with E-state index in [2.05, 4.69) is 11.9 Å². The van der Waals surface area contributed by atoms with E-state index in [4.69, 9.17) is 9.47 Å². The first kappa shape index (κ1) is 18.6. The molecular formula is C19H25FN2O4S. The third kappa shape index (κ3) is 3.08. The quantitative estimate of drug-likeness (QED) is 0.846. The standard InChI is InChI=1S/C19H25FN2O4S/c1-12-8-18-19(11-26-12,21-13(2)22(3)27(18,23)24)16-9-15(6-7-17(16)20)25-10-14-4-5-14/h6-7,9,12,14,18,21H,2,4-5,8,10-11H2,1,3H3/t12-,18+,19+/m0/s1. The number of halogens is 1. The molecule has 3 atom stereocenters. The molecule has 3 fully saturated rings. The molecule has 0 spiro atoms. The molecule has 0 bridgehead atoms. The van der Waals surface area contributed by atoms with Gasteiger partial charge in [0, 0.05) is 12.6 Å². The van der Waals surface area contributed by atoms with Crippen LogP contribution in [-0.4, -0.2) is 44.3 Å². The number of rotatable bonds is 4. The van der Waals surface area contributed by atoms with Crippen LogP contribution in [0.1, 0.15) is 31.7 Å². The third-order valence-corrected chi connectivity index (χ3v) is 8.08. The predicted octanol–water partition coefficient (Wildman–Crippen LogP) is 2.32. The first-order valence-electron chi connectivity index (χ1n) is 9.23. The molecule has 2 saturated heterocycles. The molecule has 0 amide bonds. The van der Waals surface area contributed by atoms with Gasteiger partial charge in [-0.15, -0.1) is 0 Å². The van der Waals surface area contributed by atoms with Gasteiger partial charge in [0.1, 0.15) is 28.2 Å². The van der Waals surface area contributed by atoms with Gasteiger partial charge in [0.15, 0.2) is 0 Å². The lowest BCUT2D eigenvalue weighted by Crippen LogP contribution is -2.68. The summed E-state index contributed by atoms with van der Waals surface area (Å²) in [4.78, 5) is 0. The van der Waals surface area contributed by atoms with Crippen molar-refractivity contribution in [2.45, 2.75) is 43.1 Å². The van der Waals surface area contributed by atoms with Crippen LogP contribution in [0.25, 0.3) is 0 Å². The van der Waals surface area contributed by atoms with Gasteiger partial charge in [0.05, 0.1) is 19.3 Å². The van der Waals surface area contributed by atoms with E-state index in [1.54, 1.807) is 12.1 Å². The van der Waals surface area contributed by atoms with Crippen molar-refractivity contribution < 1.29 is 22.3 Å². The number of nitrogens with one attached hydrogen (secondary N) is 1. The van der Waals surface area contributed by atoms with Gasteiger partial charge in [-0.05, 0) is 50.3 Å². The largest absolute Gasteiger partial charge is 0.493 e. The van der Waals surface area contributed by atoms with Crippen molar-refractivity contribution in [3.8, 4) is 5.75 Å². The van der Waals surface area contributed by atoms with E-state index in [0.29, 0.717) is 18.3 Å². The summed E-state index contributed by atoms with van der Waals surface area (Å²) in [6.45, 7) is 6.27. The molecule has 1 aliphatic carbocycles. The summed E-state index contributed by atoms with van der Waals surface area (Å²) >= 11 is 0. The third-order valence-electron chi connectivity index (χ3n) is 5.78. The maximum atomic E-state index is 14.9. The molecule has 0 aromatic heterocycles. The van der Waals surface area contributed by atoms with Crippen LogP contribution in [0.2, 0.25) is 0 Å². The molecule has 0 radical (unpaired) electrons. The van der Waals surface area contributed by atoms with Gasteiger partial charge in [-0.1, -0.05) is 6.58 Å². The minimum atomic E-state index is -3.71. The highest BCUT2D eigenvalue weighted by atomic mass is 32.2. The lowest BCUT2D eigenvalue weighted by molar-refractivity contribution is -0.0338. The first-order chi connectivity index (χ1) is 12.7. The van der Waals surface area contributed by atoms with Crippen LogP contribution in [-0.2, 0) is 20.3 Å². The van der Waals surface area contributed by atoms with Crippen LogP contribution in [0.3, 0.4) is 0 Å². The second-order valence-electron chi connectivity index (χ2n) is 7.80. The van der Waals surface area contributed by atoms with E-state index < -0.39 is 26.6 Å². The fourth-order valence-electron chi connectivity index (χ4n) is 3.86. The fourth-order valence-corrected chi connectivity index (χ4v) is 5.87. The zero-order valence-electron chi connectivity index (χ0n) is 15.6. The molecule has 8 heteroatoms. The molecule has 27 heavy (non-hydrogen) atoms. The molecule has 0 unspecified atom stereocenters. The smallest absolute Gasteiger partial charge is 0.241 e. The average molecular weight is 396 g/mol. The Bertz CT molecular complexity index is 870. The summed E-state index contributed by atoms with van der Waals surface area (Å²) in [5.41, 5.74) is -0.997. The van der Waals surface area contributed by atoms with Crippen molar-refractivity contribution in [2.24, 2.45) is 5.92 Å². The average Bonchev–Trinajstić information content (AvgIpc) is 3.45. The molecule has 1 saturated carbocycles. The number of fused-ring (bicyclic) bond motifs is 1. The predicted molar refractivity (Wildman–Crippen MR) is 99.1 cm³/mol. The van der Waals surface area contributed by atoms with Crippen LogP contribution >= 0.6 is 0 Å². The highest BCUT2D eigenvalue weighted by Crippen LogP contribution is 2.44. The maximum absolute atomic E-state index is 14.9. The Morgan fingerprint density at radius 2 is 2.19 bits per heavy atom. The normalized spacial score (nSPS) is 32.6. The SMILES string of the molecule is C=C1N[C@@]2(c3cc(OCC4CC4)ccc3F)CO[C@@H](C)C[C@H]2S(=O)(=O)N1C. The second-order valence-corrected chi connectivity index (χ2v) is 9.94. The molecule has 1 aromatic rings. The minimum absolute atomic E-state index is 0.0356. The molecule has 1 N–H and O–H groups in total. The summed E-state index contributed by atoms with van der Waals surface area (Å²) in [7, 11) is -2.25. The van der Waals surface area contributed by atoms with Gasteiger partial charge >= 0.3 is 0 Å². The summed E-state index contributed by atoms with van der Waals surface area (Å²) in [6.07, 6.45) is 2.33. The maximum Gasteiger partial charge on any atom is 0.241 e. The van der Waals surface area contributed by atoms with Gasteiger partial charge in [-0.2, -0.15) is 0 Å². The molecule has 2 aliphatic heterocycles. The number of hydrogen-bond acceptors (Lipinski definition) is 5. The van der Waals surface area contributed by atoms with Crippen LogP contribution in [0.15, 0.2) is 30.6 Å². The monoisotopic (exact) mass is 396 g/mol. The summed E-state index contributed by atoms with van der Waals surface area (Å²) in [6, 6.07) is 4.51. The van der Waals surface area contributed by atoms with E-state index >= 15 is 0 Å². The lowest BCUT2D eigenvalue weighted by atomic mass is 9.82. The number of ether oxygens (including phenoxy) is 2. The molecule has 4 rings (SSSR count). The van der Waals surface area contributed by atoms with Crippen LogP contribution < -0.4 is 10.1 Å². The summed E-state index contributed by atoms with van der Waals surface area (Å²) in [5.74, 6) is 0.809. The van der Waals surface area contributed by atoms with Crippen LogP contribution in [0, 0.1) is 11.7 Å². The lowest BCUT2D eigenvalue weighted by Gasteiger charge is -2.52. The van der Waals surface area contributed by atoms with Gasteiger partial charge in [-0.3, -0.25) is 4.31 Å². The summed E-state index contributed by atoms with van der Waals surface area (Å²) in [5, 5.41) is 2.29. The molecule has 2 heterocycles. The topological polar surface area (TPSA) is 67.9 Å². The second kappa shape index (κ2) is 6.38. The Balaban J connectivity index is 1.78. The molecule has 3 aliphatic rings. The van der Waals surface area contributed by atoms with E-state index in [1.807, 2.05) is 6.92 Å². The molecule has 1 aromatic carbocycles. The Morgan fingerprint density at radius 3 is 2.89 bits per heavy atom. The Labute approximate surface area is 159 Å². The van der Waals surface area contributed by atoms with Crippen molar-refractivity contribution in [3.63, 3.8) is 0 Å². The minimum Gasteiger partial charge on any atom is -0.493 e. The Morgan fingerprint density at radius 1 is 1.44 bits per heavy atom. The first-order valence-corrected chi connectivity index (χ1v) is 10.7. The van der Waals surface area contributed by atoms with Crippen molar-refractivity contribution in [2.75, 3.05) is 20.3 Å². The van der Waals surface area contributed by atoms with Gasteiger partial charge in [0.25, 0.3) is 0 Å². The van der Waals surface area contributed by atoms with E-state index in [9.17, 15) is 12.8 Å². The highest BCUT2D eigenvalue weighted by molar-refractivity contribution is 7.90. The molecular weight excluding hydrogens is 371 g/mol. The number of nitrogens with zero attached hydrogens (tertiary/aromatic N) is 1. The fraction of sp³-hybridized carbons (Fsp3) is 0.579. The van der Waals surface area contributed by atoms with Gasteiger partial charge in [-0.25, -0.2) is 12.8 Å². The van der Waals surface area contributed by atoms with Crippen molar-refractivity contribution in [1.29, 1.82) is 0 Å². The number of hydrogen-bond donors (Lipinski definition) is 1. The van der Waals surface area contributed by atoms with Gasteiger partial charge in [0.2, 0.25) is 10.0 Å². The van der Waals surface area contributed by atoms with E-state index in [1.165, 1.54) is 13.1 Å². The molecule has 6 nitrogen and oxygen atoms in total. The zero-order chi connectivity index (χ0) is 19.4. The van der Waals surface area contributed by atoms with Crippen molar-refractivity contribution in [1.82, 2.24) is 9.62 Å². The van der Waals surface area contributed by atoms with Crippen molar-refractivity contribution >= 4 is 10.0 Å². The summed E-state index contributed by atoms with van der Waals surface area (Å²) < 4.78 is 53.9. The Kier molecular flexibility index (Phi) is 4.38. The van der Waals surface area contributed by atoms with E-state index in [-0.39, 0.29) is 30.5 Å². The van der Waals surface area contributed by atoms with Crippen molar-refractivity contribution in [3.05, 3.63) is 42.0 Å². The van der Waals surface area contributed by atoms with Crippen LogP contribution in [0.5, 0.6) is 5.75 Å². The number of benzene rings is 1. The van der Waals surface area contributed by atoms with E-state index in [0.717, 1.165) is 17.1 Å².